The number of piperazine rings is 1. The normalized spacial score (nSPS) is 15.3. The van der Waals surface area contributed by atoms with Gasteiger partial charge in [0.25, 0.3) is 0 Å². The molecule has 0 radical (unpaired) electrons. The number of anilines is 1. The lowest BCUT2D eigenvalue weighted by atomic mass is 10.1. The Bertz CT molecular complexity index is 999. The Morgan fingerprint density at radius 2 is 2.03 bits per heavy atom. The Balaban J connectivity index is 1.37. The van der Waals surface area contributed by atoms with Gasteiger partial charge in [0.15, 0.2) is 0 Å². The molecule has 3 aromatic rings. The monoisotopic (exact) mass is 441 g/mol. The van der Waals surface area contributed by atoms with Gasteiger partial charge in [-0.1, -0.05) is 29.8 Å². The number of nitrogens with zero attached hydrogens (tertiary/aromatic N) is 4. The first-order valence-electron chi connectivity index (χ1n) is 9.91. The van der Waals surface area contributed by atoms with E-state index in [0.717, 1.165) is 49.0 Å². The van der Waals surface area contributed by atoms with E-state index >= 15 is 0 Å². The highest BCUT2D eigenvalue weighted by Gasteiger charge is 2.15. The van der Waals surface area contributed by atoms with Gasteiger partial charge in [0, 0.05) is 49.9 Å². The summed E-state index contributed by atoms with van der Waals surface area (Å²) in [6.07, 6.45) is 1.72. The summed E-state index contributed by atoms with van der Waals surface area (Å²) in [7, 11) is 2.17. The molecule has 156 valence electrons. The van der Waals surface area contributed by atoms with E-state index in [0.29, 0.717) is 10.8 Å². The van der Waals surface area contributed by atoms with Gasteiger partial charge in [-0.2, -0.15) is 0 Å². The van der Waals surface area contributed by atoms with Crippen molar-refractivity contribution in [3.63, 3.8) is 0 Å². The molecule has 4 rings (SSSR count). The first kappa shape index (κ1) is 20.9. The van der Waals surface area contributed by atoms with Crippen LogP contribution in [0.15, 0.2) is 48.0 Å². The van der Waals surface area contributed by atoms with E-state index in [-0.39, 0.29) is 12.3 Å². The maximum atomic E-state index is 12.3. The molecule has 1 amide bonds. The number of thiazole rings is 1. The molecule has 1 aliphatic rings. The highest BCUT2D eigenvalue weighted by molar-refractivity contribution is 7.13. The number of halogens is 1. The third-order valence-corrected chi connectivity index (χ3v) is 6.23. The fraction of sp³-hybridized carbons (Fsp3) is 0.318. The van der Waals surface area contributed by atoms with Gasteiger partial charge in [-0.25, -0.2) is 9.97 Å². The second kappa shape index (κ2) is 9.66. The van der Waals surface area contributed by atoms with Crippen LogP contribution in [0, 0.1) is 0 Å². The number of carbonyl (C=O) groups excluding carboxylic acids is 1. The third kappa shape index (κ3) is 5.64. The van der Waals surface area contributed by atoms with Crippen molar-refractivity contribution in [2.75, 3.05) is 38.5 Å². The zero-order valence-electron chi connectivity index (χ0n) is 16.8. The van der Waals surface area contributed by atoms with E-state index in [1.54, 1.807) is 23.5 Å². The van der Waals surface area contributed by atoms with Crippen molar-refractivity contribution in [2.45, 2.75) is 13.0 Å². The van der Waals surface area contributed by atoms with Gasteiger partial charge in [-0.3, -0.25) is 9.69 Å². The molecule has 0 unspecified atom stereocenters. The van der Waals surface area contributed by atoms with Crippen LogP contribution in [0.25, 0.3) is 10.6 Å². The van der Waals surface area contributed by atoms with Crippen molar-refractivity contribution in [1.29, 1.82) is 0 Å². The zero-order chi connectivity index (χ0) is 20.9. The molecule has 2 aromatic heterocycles. The third-order valence-electron chi connectivity index (χ3n) is 5.06. The maximum absolute atomic E-state index is 12.3. The number of pyridine rings is 1. The first-order chi connectivity index (χ1) is 14.5. The second-order valence-electron chi connectivity index (χ2n) is 7.51. The van der Waals surface area contributed by atoms with Crippen LogP contribution in [0.1, 0.15) is 11.3 Å². The maximum Gasteiger partial charge on any atom is 0.231 e. The largest absolute Gasteiger partial charge is 0.310 e. The van der Waals surface area contributed by atoms with Crippen LogP contribution in [0.2, 0.25) is 5.02 Å². The summed E-state index contributed by atoms with van der Waals surface area (Å²) < 4.78 is 0. The van der Waals surface area contributed by atoms with Crippen molar-refractivity contribution in [3.8, 4) is 10.6 Å². The van der Waals surface area contributed by atoms with Crippen LogP contribution in [-0.2, 0) is 17.8 Å². The van der Waals surface area contributed by atoms with Crippen LogP contribution in [0.4, 0.5) is 5.82 Å². The molecular formula is C22H24ClN5OS. The van der Waals surface area contributed by atoms with E-state index < -0.39 is 0 Å². The number of aromatic nitrogens is 2. The van der Waals surface area contributed by atoms with E-state index in [1.165, 1.54) is 11.8 Å². The first-order valence-corrected chi connectivity index (χ1v) is 11.2. The average molecular weight is 442 g/mol. The second-order valence-corrected chi connectivity index (χ2v) is 8.80. The zero-order valence-corrected chi connectivity index (χ0v) is 18.4. The quantitative estimate of drug-likeness (QED) is 0.630. The number of amides is 1. The molecule has 0 spiro atoms. The molecule has 0 bridgehead atoms. The fourth-order valence-electron chi connectivity index (χ4n) is 3.39. The predicted octanol–water partition coefficient (Wildman–Crippen LogP) is 3.79. The minimum Gasteiger partial charge on any atom is -0.310 e. The number of hydrogen-bond donors (Lipinski definition) is 1. The van der Waals surface area contributed by atoms with Gasteiger partial charge in [0.1, 0.15) is 10.8 Å². The summed E-state index contributed by atoms with van der Waals surface area (Å²) in [4.78, 5) is 25.9. The SMILES string of the molecule is CN1CCN(Cc2cccc(-c3nc(CC(=O)Nc4ccc(Cl)cn4)cs3)c2)CC1. The molecule has 8 heteroatoms. The van der Waals surface area contributed by atoms with Crippen LogP contribution >= 0.6 is 22.9 Å². The highest BCUT2D eigenvalue weighted by atomic mass is 35.5. The molecule has 0 aliphatic carbocycles. The van der Waals surface area contributed by atoms with Crippen molar-refractivity contribution >= 4 is 34.7 Å². The molecule has 6 nitrogen and oxygen atoms in total. The summed E-state index contributed by atoms with van der Waals surface area (Å²) in [6.45, 7) is 5.38. The molecule has 1 fully saturated rings. The summed E-state index contributed by atoms with van der Waals surface area (Å²) in [5, 5.41) is 6.18. The van der Waals surface area contributed by atoms with Crippen molar-refractivity contribution in [3.05, 3.63) is 64.3 Å². The highest BCUT2D eigenvalue weighted by Crippen LogP contribution is 2.25. The molecule has 30 heavy (non-hydrogen) atoms. The Kier molecular flexibility index (Phi) is 6.74. The van der Waals surface area contributed by atoms with Gasteiger partial charge in [-0.15, -0.1) is 11.3 Å². The smallest absolute Gasteiger partial charge is 0.231 e. The van der Waals surface area contributed by atoms with Gasteiger partial charge >= 0.3 is 0 Å². The number of likely N-dealkylation sites (N-methyl/N-ethyl adjacent to an activating group) is 1. The molecule has 1 aromatic carbocycles. The summed E-state index contributed by atoms with van der Waals surface area (Å²) >= 11 is 7.39. The van der Waals surface area contributed by atoms with E-state index in [4.69, 9.17) is 11.6 Å². The summed E-state index contributed by atoms with van der Waals surface area (Å²) in [5.74, 6) is 0.335. The molecular weight excluding hydrogens is 418 g/mol. The van der Waals surface area contributed by atoms with E-state index in [9.17, 15) is 4.79 Å². The van der Waals surface area contributed by atoms with Crippen LogP contribution in [-0.4, -0.2) is 58.9 Å². The Hall–Kier alpha value is -2.32. The molecule has 1 aliphatic heterocycles. The number of rotatable bonds is 6. The molecule has 0 saturated carbocycles. The molecule has 3 heterocycles. The van der Waals surface area contributed by atoms with Crippen LogP contribution < -0.4 is 5.32 Å². The molecule has 0 atom stereocenters. The molecule has 1 N–H and O–H groups in total. The number of nitrogens with one attached hydrogen (secondary N) is 1. The van der Waals surface area contributed by atoms with E-state index in [2.05, 4.69) is 56.4 Å². The number of benzene rings is 1. The topological polar surface area (TPSA) is 61.4 Å². The standard InChI is InChI=1S/C22H24ClN5OS/c1-27-7-9-28(10-8-27)14-16-3-2-4-17(11-16)22-25-19(15-30-22)12-21(29)26-20-6-5-18(23)13-24-20/h2-6,11,13,15H,7-10,12,14H2,1H3,(H,24,26,29). The minimum atomic E-state index is -0.148. The van der Waals surface area contributed by atoms with Crippen LogP contribution in [0.3, 0.4) is 0 Å². The van der Waals surface area contributed by atoms with Crippen LogP contribution in [0.5, 0.6) is 0 Å². The average Bonchev–Trinajstić information content (AvgIpc) is 3.20. The van der Waals surface area contributed by atoms with Gasteiger partial charge in [0.05, 0.1) is 17.1 Å². The molecule has 1 saturated heterocycles. The Morgan fingerprint density at radius 3 is 2.80 bits per heavy atom. The minimum absolute atomic E-state index is 0.148. The Labute approximate surface area is 185 Å². The van der Waals surface area contributed by atoms with Crippen molar-refractivity contribution in [1.82, 2.24) is 19.8 Å². The summed E-state index contributed by atoms with van der Waals surface area (Å²) in [6, 6.07) is 11.9. The Morgan fingerprint density at radius 1 is 1.20 bits per heavy atom. The van der Waals surface area contributed by atoms with Crippen molar-refractivity contribution < 1.29 is 4.79 Å². The fourth-order valence-corrected chi connectivity index (χ4v) is 4.32. The predicted molar refractivity (Wildman–Crippen MR) is 122 cm³/mol. The van der Waals surface area contributed by atoms with Gasteiger partial charge < -0.3 is 10.2 Å². The lowest BCUT2D eigenvalue weighted by Gasteiger charge is -2.32. The summed E-state index contributed by atoms with van der Waals surface area (Å²) in [5.41, 5.74) is 3.14. The lowest BCUT2D eigenvalue weighted by molar-refractivity contribution is -0.115. The van der Waals surface area contributed by atoms with Gasteiger partial charge in [-0.05, 0) is 30.8 Å². The van der Waals surface area contributed by atoms with Gasteiger partial charge in [0.2, 0.25) is 5.91 Å². The lowest BCUT2D eigenvalue weighted by Crippen LogP contribution is -2.43. The van der Waals surface area contributed by atoms with Crippen molar-refractivity contribution in [2.24, 2.45) is 0 Å². The number of carbonyl (C=O) groups is 1. The van der Waals surface area contributed by atoms with E-state index in [1.807, 2.05) is 5.38 Å². The number of hydrogen-bond acceptors (Lipinski definition) is 6.